The summed E-state index contributed by atoms with van der Waals surface area (Å²) in [5, 5.41) is 9.82. The van der Waals surface area contributed by atoms with Gasteiger partial charge >= 0.3 is 6.18 Å². The fraction of sp³-hybridized carbons (Fsp3) is 0.538. The zero-order valence-electron chi connectivity index (χ0n) is 11.4. The summed E-state index contributed by atoms with van der Waals surface area (Å²) in [4.78, 5) is 1.98. The maximum absolute atomic E-state index is 12.3. The summed E-state index contributed by atoms with van der Waals surface area (Å²) in [6.07, 6.45) is -5.49. The molecule has 0 aliphatic rings. The summed E-state index contributed by atoms with van der Waals surface area (Å²) in [6, 6.07) is 3.35. The summed E-state index contributed by atoms with van der Waals surface area (Å²) in [7, 11) is 0. The lowest BCUT2D eigenvalue weighted by atomic mass is 10.0. The van der Waals surface area contributed by atoms with Gasteiger partial charge in [-0.3, -0.25) is 0 Å². The topological polar surface area (TPSA) is 49.5 Å². The Morgan fingerprint density at radius 3 is 2.20 bits per heavy atom. The third kappa shape index (κ3) is 5.09. The predicted molar refractivity (Wildman–Crippen MR) is 76.5 cm³/mol. The van der Waals surface area contributed by atoms with E-state index in [1.807, 2.05) is 18.7 Å². The molecule has 0 amide bonds. The third-order valence-electron chi connectivity index (χ3n) is 2.99. The molecule has 0 radical (unpaired) electrons. The summed E-state index contributed by atoms with van der Waals surface area (Å²) >= 11 is 0. The van der Waals surface area contributed by atoms with Crippen LogP contribution in [-0.2, 0) is 0 Å². The Morgan fingerprint density at radius 1 is 1.25 bits per heavy atom. The lowest BCUT2D eigenvalue weighted by Gasteiger charge is -2.23. The van der Waals surface area contributed by atoms with Gasteiger partial charge < -0.3 is 15.7 Å². The number of phenols is 1. The molecule has 116 valence electrons. The van der Waals surface area contributed by atoms with Crippen LogP contribution in [0.4, 0.5) is 18.9 Å². The number of nitrogens with zero attached hydrogens (tertiary/aromatic N) is 1. The lowest BCUT2D eigenvalue weighted by molar-refractivity contribution is -0.138. The number of hydrogen-bond acceptors (Lipinski definition) is 3. The van der Waals surface area contributed by atoms with E-state index in [-0.39, 0.29) is 23.7 Å². The quantitative estimate of drug-likeness (QED) is 0.873. The standard InChI is InChI=1S/C13H19F3N2O.ClH/c1-3-18(4-2)9-5-6-10(12(19)7-9)11(17)8-13(14,15)16;/h5-7,11,19H,3-4,8,17H2,1-2H3;1H/t11-;/m1./s1. The van der Waals surface area contributed by atoms with E-state index in [4.69, 9.17) is 5.73 Å². The lowest BCUT2D eigenvalue weighted by Crippen LogP contribution is -2.22. The smallest absolute Gasteiger partial charge is 0.390 e. The maximum Gasteiger partial charge on any atom is 0.390 e. The van der Waals surface area contributed by atoms with E-state index in [1.54, 1.807) is 6.07 Å². The Kier molecular flexibility index (Phi) is 7.16. The second-order valence-electron chi connectivity index (χ2n) is 4.34. The molecule has 0 aliphatic carbocycles. The molecule has 0 spiro atoms. The van der Waals surface area contributed by atoms with Crippen molar-refractivity contribution in [3.63, 3.8) is 0 Å². The Bertz CT molecular complexity index is 423. The molecule has 1 rings (SSSR count). The van der Waals surface area contributed by atoms with Gasteiger partial charge in [0.05, 0.1) is 6.42 Å². The largest absolute Gasteiger partial charge is 0.508 e. The van der Waals surface area contributed by atoms with E-state index < -0.39 is 18.6 Å². The molecule has 0 saturated carbocycles. The van der Waals surface area contributed by atoms with E-state index in [1.165, 1.54) is 12.1 Å². The van der Waals surface area contributed by atoms with Gasteiger partial charge in [0, 0.05) is 36.4 Å². The number of aromatic hydroxyl groups is 1. The number of hydrogen-bond donors (Lipinski definition) is 2. The van der Waals surface area contributed by atoms with Crippen LogP contribution >= 0.6 is 12.4 Å². The molecule has 7 heteroatoms. The number of nitrogens with two attached hydrogens (primary N) is 1. The molecular weight excluding hydrogens is 293 g/mol. The fourth-order valence-electron chi connectivity index (χ4n) is 1.99. The predicted octanol–water partition coefficient (Wildman–Crippen LogP) is 3.61. The van der Waals surface area contributed by atoms with Crippen LogP contribution < -0.4 is 10.6 Å². The molecule has 1 aromatic rings. The maximum atomic E-state index is 12.3. The van der Waals surface area contributed by atoms with Gasteiger partial charge in [-0.2, -0.15) is 13.2 Å². The molecule has 3 nitrogen and oxygen atoms in total. The van der Waals surface area contributed by atoms with Crippen LogP contribution in [0, 0.1) is 0 Å². The van der Waals surface area contributed by atoms with Crippen LogP contribution in [0.5, 0.6) is 5.75 Å². The Hall–Kier alpha value is -1.14. The van der Waals surface area contributed by atoms with Crippen molar-refractivity contribution < 1.29 is 18.3 Å². The molecule has 0 fully saturated rings. The van der Waals surface area contributed by atoms with E-state index >= 15 is 0 Å². The first-order valence-electron chi connectivity index (χ1n) is 6.18. The van der Waals surface area contributed by atoms with Crippen molar-refractivity contribution in [1.29, 1.82) is 0 Å². The summed E-state index contributed by atoms with van der Waals surface area (Å²) in [6.45, 7) is 5.43. The highest BCUT2D eigenvalue weighted by Crippen LogP contribution is 2.34. The molecule has 0 aromatic heterocycles. The number of benzene rings is 1. The minimum absolute atomic E-state index is 0. The first-order valence-corrected chi connectivity index (χ1v) is 6.18. The first-order chi connectivity index (χ1) is 8.78. The minimum Gasteiger partial charge on any atom is -0.508 e. The highest BCUT2D eigenvalue weighted by molar-refractivity contribution is 5.85. The van der Waals surface area contributed by atoms with Gasteiger partial charge in [-0.15, -0.1) is 12.4 Å². The van der Waals surface area contributed by atoms with Crippen molar-refractivity contribution in [3.8, 4) is 5.75 Å². The second kappa shape index (κ2) is 7.59. The molecule has 0 saturated heterocycles. The molecule has 1 atom stereocenters. The highest BCUT2D eigenvalue weighted by Gasteiger charge is 2.31. The molecular formula is C13H20ClF3N2O. The average molecular weight is 313 g/mol. The van der Waals surface area contributed by atoms with Crippen LogP contribution in [0.15, 0.2) is 18.2 Å². The van der Waals surface area contributed by atoms with Crippen molar-refractivity contribution in [2.24, 2.45) is 5.73 Å². The van der Waals surface area contributed by atoms with E-state index in [9.17, 15) is 18.3 Å². The van der Waals surface area contributed by atoms with Gasteiger partial charge in [0.15, 0.2) is 0 Å². The number of halogens is 4. The van der Waals surface area contributed by atoms with Crippen molar-refractivity contribution in [2.45, 2.75) is 32.5 Å². The molecule has 0 aliphatic heterocycles. The third-order valence-corrected chi connectivity index (χ3v) is 2.99. The minimum atomic E-state index is -4.34. The van der Waals surface area contributed by atoms with E-state index in [0.29, 0.717) is 0 Å². The fourth-order valence-corrected chi connectivity index (χ4v) is 1.99. The number of rotatable bonds is 5. The zero-order valence-corrected chi connectivity index (χ0v) is 12.3. The van der Waals surface area contributed by atoms with Crippen molar-refractivity contribution in [1.82, 2.24) is 0 Å². The Morgan fingerprint density at radius 2 is 1.80 bits per heavy atom. The molecule has 0 heterocycles. The van der Waals surface area contributed by atoms with Crippen LogP contribution in [0.1, 0.15) is 31.9 Å². The zero-order chi connectivity index (χ0) is 14.6. The Labute approximate surface area is 123 Å². The molecule has 0 unspecified atom stereocenters. The molecule has 1 aromatic carbocycles. The first kappa shape index (κ1) is 18.9. The van der Waals surface area contributed by atoms with Gasteiger partial charge in [0.1, 0.15) is 5.75 Å². The summed E-state index contributed by atoms with van der Waals surface area (Å²) in [5.74, 6) is -0.193. The van der Waals surface area contributed by atoms with Gasteiger partial charge in [0.2, 0.25) is 0 Å². The van der Waals surface area contributed by atoms with E-state index in [2.05, 4.69) is 0 Å². The molecule has 0 bridgehead atoms. The number of alkyl halides is 3. The summed E-state index contributed by atoms with van der Waals surface area (Å²) < 4.78 is 36.8. The van der Waals surface area contributed by atoms with Crippen molar-refractivity contribution in [2.75, 3.05) is 18.0 Å². The highest BCUT2D eigenvalue weighted by atomic mass is 35.5. The summed E-state index contributed by atoms with van der Waals surface area (Å²) in [5.41, 5.74) is 6.37. The van der Waals surface area contributed by atoms with Crippen molar-refractivity contribution >= 4 is 18.1 Å². The molecule has 20 heavy (non-hydrogen) atoms. The average Bonchev–Trinajstić information content (AvgIpc) is 2.28. The van der Waals surface area contributed by atoms with Gasteiger partial charge in [-0.25, -0.2) is 0 Å². The van der Waals surface area contributed by atoms with Crippen LogP contribution in [0.3, 0.4) is 0 Å². The van der Waals surface area contributed by atoms with Gasteiger partial charge in [-0.1, -0.05) is 6.07 Å². The van der Waals surface area contributed by atoms with E-state index in [0.717, 1.165) is 18.8 Å². The van der Waals surface area contributed by atoms with Gasteiger partial charge in [-0.05, 0) is 19.9 Å². The SMILES string of the molecule is CCN(CC)c1ccc([C@H](N)CC(F)(F)F)c(O)c1.Cl. The van der Waals surface area contributed by atoms with Crippen molar-refractivity contribution in [3.05, 3.63) is 23.8 Å². The Balaban J connectivity index is 0.00000361. The van der Waals surface area contributed by atoms with Crippen LogP contribution in [-0.4, -0.2) is 24.4 Å². The normalized spacial score (nSPS) is 12.7. The number of anilines is 1. The van der Waals surface area contributed by atoms with Gasteiger partial charge in [0.25, 0.3) is 0 Å². The van der Waals surface area contributed by atoms with Crippen LogP contribution in [0.2, 0.25) is 0 Å². The van der Waals surface area contributed by atoms with Crippen LogP contribution in [0.25, 0.3) is 0 Å². The second-order valence-corrected chi connectivity index (χ2v) is 4.34. The number of phenolic OH excluding ortho intramolecular Hbond substituents is 1. The monoisotopic (exact) mass is 312 g/mol. The molecule has 3 N–H and O–H groups in total.